The van der Waals surface area contributed by atoms with Crippen LogP contribution >= 0.6 is 0 Å². The maximum atomic E-state index is 11.3. The second kappa shape index (κ2) is 4.85. The van der Waals surface area contributed by atoms with Gasteiger partial charge in [-0.25, -0.2) is 0 Å². The molecule has 0 amide bonds. The van der Waals surface area contributed by atoms with Crippen LogP contribution in [0.25, 0.3) is 10.8 Å². The minimum absolute atomic E-state index is 0.441. The first-order valence-corrected chi connectivity index (χ1v) is 9.51. The van der Waals surface area contributed by atoms with Gasteiger partial charge >= 0.3 is 0 Å². The summed E-state index contributed by atoms with van der Waals surface area (Å²) < 4.78 is 5.81. The Hall–Kier alpha value is -1.32. The van der Waals surface area contributed by atoms with E-state index in [1.807, 2.05) is 0 Å². The van der Waals surface area contributed by atoms with Gasteiger partial charge in [0, 0.05) is 5.39 Å². The SMILES string of the molecule is OC1(c2ccc(OC[SiH3])c3ccccc23)CC2CCC1C2. The first-order valence-electron chi connectivity index (χ1n) is 8.10. The summed E-state index contributed by atoms with van der Waals surface area (Å²) in [4.78, 5) is 0. The third-order valence-corrected chi connectivity index (χ3v) is 5.76. The predicted molar refractivity (Wildman–Crippen MR) is 88.7 cm³/mol. The lowest BCUT2D eigenvalue weighted by Gasteiger charge is -2.34. The highest BCUT2D eigenvalue weighted by Crippen LogP contribution is 2.56. The Kier molecular flexibility index (Phi) is 3.08. The molecule has 4 rings (SSSR count). The van der Waals surface area contributed by atoms with Crippen molar-refractivity contribution in [3.8, 4) is 5.75 Å². The van der Waals surface area contributed by atoms with Crippen molar-refractivity contribution in [1.29, 1.82) is 0 Å². The largest absolute Gasteiger partial charge is 0.498 e. The minimum Gasteiger partial charge on any atom is -0.498 e. The van der Waals surface area contributed by atoms with Gasteiger partial charge in [-0.2, -0.15) is 0 Å². The number of aliphatic hydroxyl groups is 1. The molecular weight excluding hydrogens is 276 g/mol. The average molecular weight is 298 g/mol. The Balaban J connectivity index is 1.88. The van der Waals surface area contributed by atoms with Crippen LogP contribution in [0.15, 0.2) is 36.4 Å². The molecule has 0 spiro atoms. The van der Waals surface area contributed by atoms with Crippen LogP contribution in [0.3, 0.4) is 0 Å². The maximum Gasteiger partial charge on any atom is 0.126 e. The summed E-state index contributed by atoms with van der Waals surface area (Å²) in [6.45, 7) is 0. The molecule has 2 fully saturated rings. The van der Waals surface area contributed by atoms with Crippen molar-refractivity contribution in [3.05, 3.63) is 42.0 Å². The summed E-state index contributed by atoms with van der Waals surface area (Å²) in [5, 5.41) is 13.6. The number of hydrogen-bond donors (Lipinski definition) is 1. The van der Waals surface area contributed by atoms with Crippen molar-refractivity contribution in [2.75, 3.05) is 6.23 Å². The van der Waals surface area contributed by atoms with Gasteiger partial charge in [0.25, 0.3) is 0 Å². The summed E-state index contributed by atoms with van der Waals surface area (Å²) in [6.07, 6.45) is 5.41. The smallest absolute Gasteiger partial charge is 0.126 e. The monoisotopic (exact) mass is 298 g/mol. The van der Waals surface area contributed by atoms with Gasteiger partial charge in [-0.3, -0.25) is 0 Å². The van der Waals surface area contributed by atoms with Crippen LogP contribution in [0, 0.1) is 11.8 Å². The molecule has 2 aliphatic rings. The molecule has 3 unspecified atom stereocenters. The fraction of sp³-hybridized carbons (Fsp3) is 0.444. The van der Waals surface area contributed by atoms with E-state index in [1.54, 1.807) is 0 Å². The lowest BCUT2D eigenvalue weighted by Crippen LogP contribution is -2.32. The third kappa shape index (κ3) is 1.95. The van der Waals surface area contributed by atoms with Gasteiger partial charge in [0.05, 0.1) is 22.1 Å². The molecule has 2 bridgehead atoms. The standard InChI is InChI=1S/C18H22O2Si/c19-18(10-12-5-6-13(18)9-12)16-7-8-17(20-11-21)15-4-2-1-3-14(15)16/h1-4,7-8,12-13,19H,5-6,9-11H2,21H3. The molecule has 110 valence electrons. The molecule has 2 aliphatic carbocycles. The van der Waals surface area contributed by atoms with E-state index in [0.29, 0.717) is 5.92 Å². The van der Waals surface area contributed by atoms with Crippen LogP contribution in [-0.2, 0) is 5.60 Å². The third-order valence-electron chi connectivity index (χ3n) is 5.47. The lowest BCUT2D eigenvalue weighted by atomic mass is 9.77. The van der Waals surface area contributed by atoms with Crippen LogP contribution in [0.1, 0.15) is 31.2 Å². The van der Waals surface area contributed by atoms with E-state index in [-0.39, 0.29) is 0 Å². The molecule has 0 heterocycles. The fourth-order valence-electron chi connectivity index (χ4n) is 4.56. The van der Waals surface area contributed by atoms with Crippen LogP contribution < -0.4 is 4.74 Å². The zero-order valence-electron chi connectivity index (χ0n) is 12.5. The van der Waals surface area contributed by atoms with E-state index in [4.69, 9.17) is 4.74 Å². The molecule has 3 atom stereocenters. The van der Waals surface area contributed by atoms with E-state index >= 15 is 0 Å². The lowest BCUT2D eigenvalue weighted by molar-refractivity contribution is -0.0168. The van der Waals surface area contributed by atoms with Gasteiger partial charge in [0.2, 0.25) is 0 Å². The molecule has 2 aromatic rings. The van der Waals surface area contributed by atoms with E-state index < -0.39 is 5.60 Å². The summed E-state index contributed by atoms with van der Waals surface area (Å²) in [6, 6.07) is 12.5. The van der Waals surface area contributed by atoms with Crippen molar-refractivity contribution in [2.24, 2.45) is 11.8 Å². The highest BCUT2D eigenvalue weighted by molar-refractivity contribution is 6.08. The van der Waals surface area contributed by atoms with E-state index in [2.05, 4.69) is 36.4 Å². The van der Waals surface area contributed by atoms with Crippen molar-refractivity contribution in [1.82, 2.24) is 0 Å². The van der Waals surface area contributed by atoms with Crippen molar-refractivity contribution in [3.63, 3.8) is 0 Å². The van der Waals surface area contributed by atoms with Gasteiger partial charge in [0.1, 0.15) is 5.75 Å². The molecule has 3 heteroatoms. The molecule has 0 saturated heterocycles. The number of fused-ring (bicyclic) bond motifs is 3. The Morgan fingerprint density at radius 3 is 2.62 bits per heavy atom. The molecule has 0 aliphatic heterocycles. The van der Waals surface area contributed by atoms with Gasteiger partial charge in [-0.05, 0) is 54.5 Å². The second-order valence-electron chi connectivity index (χ2n) is 6.59. The number of hydrogen-bond acceptors (Lipinski definition) is 2. The van der Waals surface area contributed by atoms with Crippen LogP contribution in [0.5, 0.6) is 5.75 Å². The molecule has 1 N–H and O–H groups in total. The Morgan fingerprint density at radius 2 is 1.95 bits per heavy atom. The molecule has 0 aromatic heterocycles. The zero-order chi connectivity index (χ0) is 14.4. The summed E-state index contributed by atoms with van der Waals surface area (Å²) in [5.41, 5.74) is 0.494. The fourth-order valence-corrected chi connectivity index (χ4v) is 4.87. The van der Waals surface area contributed by atoms with Gasteiger partial charge < -0.3 is 9.84 Å². The first-order chi connectivity index (χ1) is 10.2. The Labute approximate surface area is 128 Å². The highest BCUT2D eigenvalue weighted by Gasteiger charge is 2.51. The van der Waals surface area contributed by atoms with Gasteiger partial charge in [0.15, 0.2) is 0 Å². The van der Waals surface area contributed by atoms with E-state index in [1.165, 1.54) is 24.6 Å². The van der Waals surface area contributed by atoms with Crippen LogP contribution in [0.2, 0.25) is 0 Å². The molecule has 2 saturated carbocycles. The summed E-state index contributed by atoms with van der Waals surface area (Å²) in [7, 11) is 1.03. The normalized spacial score (nSPS) is 31.1. The average Bonchev–Trinajstić information content (AvgIpc) is 3.08. The molecular formula is C18H22O2Si. The topological polar surface area (TPSA) is 29.5 Å². The highest BCUT2D eigenvalue weighted by atomic mass is 28.1. The molecule has 2 aromatic carbocycles. The first kappa shape index (κ1) is 13.3. The van der Waals surface area contributed by atoms with Crippen molar-refractivity contribution >= 4 is 21.0 Å². The van der Waals surface area contributed by atoms with Crippen LogP contribution in [-0.4, -0.2) is 21.6 Å². The summed E-state index contributed by atoms with van der Waals surface area (Å²) in [5.74, 6) is 2.11. The van der Waals surface area contributed by atoms with Crippen molar-refractivity contribution < 1.29 is 9.84 Å². The van der Waals surface area contributed by atoms with E-state index in [0.717, 1.165) is 45.5 Å². The molecule has 21 heavy (non-hydrogen) atoms. The quantitative estimate of drug-likeness (QED) is 0.883. The molecule has 2 nitrogen and oxygen atoms in total. The number of rotatable bonds is 3. The second-order valence-corrected chi connectivity index (χ2v) is 7.17. The van der Waals surface area contributed by atoms with Gasteiger partial charge in [-0.1, -0.05) is 30.3 Å². The maximum absolute atomic E-state index is 11.3. The Bertz CT molecular complexity index is 684. The zero-order valence-corrected chi connectivity index (χ0v) is 14.5. The number of ether oxygens (including phenoxy) is 1. The molecule has 0 radical (unpaired) electrons. The predicted octanol–water partition coefficient (Wildman–Crippen LogP) is 2.55. The van der Waals surface area contributed by atoms with Gasteiger partial charge in [-0.15, -0.1) is 0 Å². The summed E-state index contributed by atoms with van der Waals surface area (Å²) >= 11 is 0. The van der Waals surface area contributed by atoms with E-state index in [9.17, 15) is 5.11 Å². The minimum atomic E-state index is -0.623. The Morgan fingerprint density at radius 1 is 1.14 bits per heavy atom. The number of benzene rings is 2. The van der Waals surface area contributed by atoms with Crippen molar-refractivity contribution in [2.45, 2.75) is 31.3 Å². The van der Waals surface area contributed by atoms with Crippen LogP contribution in [0.4, 0.5) is 0 Å².